The summed E-state index contributed by atoms with van der Waals surface area (Å²) in [5, 5.41) is 0. The van der Waals surface area contributed by atoms with E-state index in [4.69, 9.17) is 18.0 Å². The van der Waals surface area contributed by atoms with Crippen molar-refractivity contribution in [1.29, 1.82) is 0 Å². The van der Waals surface area contributed by atoms with Gasteiger partial charge in [-0.1, -0.05) is 30.4 Å². The van der Waals surface area contributed by atoms with E-state index in [9.17, 15) is 0 Å². The highest BCUT2D eigenvalue weighted by Gasteiger charge is 2.44. The first-order chi connectivity index (χ1) is 8.56. The van der Waals surface area contributed by atoms with Crippen molar-refractivity contribution < 1.29 is 0 Å². The van der Waals surface area contributed by atoms with E-state index in [-0.39, 0.29) is 0 Å². The average molecular weight is 262 g/mol. The van der Waals surface area contributed by atoms with Gasteiger partial charge in [-0.25, -0.2) is 0 Å². The minimum absolute atomic E-state index is 0.351. The van der Waals surface area contributed by atoms with E-state index in [0.717, 1.165) is 19.5 Å². The smallest absolute Gasteiger partial charge is 0.0733 e. The van der Waals surface area contributed by atoms with Crippen LogP contribution in [0.2, 0.25) is 0 Å². The number of nitrogens with zero attached hydrogens (tertiary/aromatic N) is 1. The van der Waals surface area contributed by atoms with E-state index < -0.39 is 0 Å². The number of thiocarbonyl (C=S) groups is 1. The Morgan fingerprint density at radius 2 is 2.06 bits per heavy atom. The number of para-hydroxylation sites is 1. The van der Waals surface area contributed by atoms with Gasteiger partial charge in [0.15, 0.2) is 0 Å². The Kier molecular flexibility index (Phi) is 3.91. The molecule has 1 aliphatic carbocycles. The molecule has 0 aromatic heterocycles. The predicted octanol–water partition coefficient (Wildman–Crippen LogP) is 3.28. The number of benzene rings is 1. The van der Waals surface area contributed by atoms with Crippen molar-refractivity contribution in [3.8, 4) is 0 Å². The third kappa shape index (κ3) is 3.02. The summed E-state index contributed by atoms with van der Waals surface area (Å²) in [5.74, 6) is 0. The van der Waals surface area contributed by atoms with Crippen LogP contribution >= 0.6 is 12.2 Å². The van der Waals surface area contributed by atoms with Crippen LogP contribution in [0.4, 0.5) is 5.69 Å². The molecule has 0 bridgehead atoms. The maximum atomic E-state index is 5.72. The van der Waals surface area contributed by atoms with Crippen LogP contribution in [0, 0.1) is 12.3 Å². The van der Waals surface area contributed by atoms with Crippen LogP contribution in [0.5, 0.6) is 0 Å². The molecule has 1 saturated carbocycles. The first-order valence-electron chi connectivity index (χ1n) is 6.65. The Labute approximate surface area is 115 Å². The molecule has 0 amide bonds. The summed E-state index contributed by atoms with van der Waals surface area (Å²) in [6, 6.07) is 8.58. The molecule has 0 aliphatic heterocycles. The first-order valence-corrected chi connectivity index (χ1v) is 7.06. The van der Waals surface area contributed by atoms with Crippen LogP contribution in [-0.2, 0) is 0 Å². The van der Waals surface area contributed by atoms with Gasteiger partial charge in [0.05, 0.1) is 4.99 Å². The van der Waals surface area contributed by atoms with Crippen LogP contribution in [-0.4, -0.2) is 18.1 Å². The molecule has 0 atom stereocenters. The third-order valence-corrected chi connectivity index (χ3v) is 4.01. The largest absolute Gasteiger partial charge is 0.393 e. The van der Waals surface area contributed by atoms with Crippen LogP contribution in [0.3, 0.4) is 0 Å². The van der Waals surface area contributed by atoms with Gasteiger partial charge in [-0.05, 0) is 43.7 Å². The number of anilines is 1. The zero-order valence-corrected chi connectivity index (χ0v) is 12.1. The minimum Gasteiger partial charge on any atom is -0.393 e. The van der Waals surface area contributed by atoms with Crippen molar-refractivity contribution in [2.45, 2.75) is 33.1 Å². The molecule has 0 spiro atoms. The average Bonchev–Trinajstić information content (AvgIpc) is 3.06. The van der Waals surface area contributed by atoms with Gasteiger partial charge >= 0.3 is 0 Å². The number of hydrogen-bond donors (Lipinski definition) is 1. The van der Waals surface area contributed by atoms with Gasteiger partial charge in [0.1, 0.15) is 0 Å². The van der Waals surface area contributed by atoms with Crippen molar-refractivity contribution in [2.24, 2.45) is 11.1 Å². The normalized spacial score (nSPS) is 16.3. The number of rotatable bonds is 6. The van der Waals surface area contributed by atoms with E-state index in [2.05, 4.69) is 43.0 Å². The van der Waals surface area contributed by atoms with E-state index in [1.54, 1.807) is 0 Å². The van der Waals surface area contributed by atoms with Crippen LogP contribution in [0.15, 0.2) is 24.3 Å². The van der Waals surface area contributed by atoms with Crippen LogP contribution < -0.4 is 10.6 Å². The zero-order chi connectivity index (χ0) is 13.2. The summed E-state index contributed by atoms with van der Waals surface area (Å²) >= 11 is 5.07. The molecule has 0 heterocycles. The standard InChI is InChI=1S/C15H22N2S/c1-3-17(13-7-5-4-6-12(13)2)11-15(8-9-15)10-14(16)18/h4-7H,3,8-11H2,1-2H3,(H2,16,18). The highest BCUT2D eigenvalue weighted by Crippen LogP contribution is 2.49. The number of hydrogen-bond acceptors (Lipinski definition) is 2. The predicted molar refractivity (Wildman–Crippen MR) is 82.1 cm³/mol. The molecule has 1 aliphatic rings. The second kappa shape index (κ2) is 5.27. The van der Waals surface area contributed by atoms with Gasteiger partial charge in [-0.2, -0.15) is 0 Å². The van der Waals surface area contributed by atoms with Gasteiger partial charge in [-0.3, -0.25) is 0 Å². The third-order valence-electron chi connectivity index (χ3n) is 3.87. The van der Waals surface area contributed by atoms with Crippen LogP contribution in [0.1, 0.15) is 31.7 Å². The Bertz CT molecular complexity index is 438. The van der Waals surface area contributed by atoms with Gasteiger partial charge in [0.2, 0.25) is 0 Å². The van der Waals surface area contributed by atoms with Crippen LogP contribution in [0.25, 0.3) is 0 Å². The van der Waals surface area contributed by atoms with E-state index in [1.807, 2.05) is 0 Å². The Hall–Kier alpha value is -1.09. The SMILES string of the molecule is CCN(CC1(CC(N)=S)CC1)c1ccccc1C. The van der Waals surface area contributed by atoms with Crippen molar-refractivity contribution in [3.05, 3.63) is 29.8 Å². The molecule has 1 aromatic carbocycles. The van der Waals surface area contributed by atoms with Crippen molar-refractivity contribution >= 4 is 22.9 Å². The Balaban J connectivity index is 2.11. The quantitative estimate of drug-likeness (QED) is 0.798. The fourth-order valence-corrected chi connectivity index (χ4v) is 2.93. The highest BCUT2D eigenvalue weighted by atomic mass is 32.1. The Morgan fingerprint density at radius 1 is 1.39 bits per heavy atom. The lowest BCUT2D eigenvalue weighted by molar-refractivity contribution is 0.521. The topological polar surface area (TPSA) is 29.3 Å². The lowest BCUT2D eigenvalue weighted by Crippen LogP contribution is -2.32. The van der Waals surface area contributed by atoms with E-state index >= 15 is 0 Å². The Morgan fingerprint density at radius 3 is 2.56 bits per heavy atom. The molecule has 2 N–H and O–H groups in total. The number of nitrogens with two attached hydrogens (primary N) is 1. The molecule has 2 nitrogen and oxygen atoms in total. The summed E-state index contributed by atoms with van der Waals surface area (Å²) in [7, 11) is 0. The maximum absolute atomic E-state index is 5.72. The first kappa shape index (κ1) is 13.3. The molecule has 98 valence electrons. The molecular weight excluding hydrogens is 240 g/mol. The summed E-state index contributed by atoms with van der Waals surface area (Å²) < 4.78 is 0. The molecule has 3 heteroatoms. The van der Waals surface area contributed by atoms with E-state index in [1.165, 1.54) is 24.1 Å². The summed E-state index contributed by atoms with van der Waals surface area (Å²) in [4.78, 5) is 3.12. The summed E-state index contributed by atoms with van der Waals surface area (Å²) in [6.45, 7) is 6.49. The highest BCUT2D eigenvalue weighted by molar-refractivity contribution is 7.80. The molecule has 18 heavy (non-hydrogen) atoms. The molecule has 1 fully saturated rings. The molecule has 0 radical (unpaired) electrons. The monoisotopic (exact) mass is 262 g/mol. The molecule has 0 unspecified atom stereocenters. The van der Waals surface area contributed by atoms with Gasteiger partial charge in [-0.15, -0.1) is 0 Å². The summed E-state index contributed by atoms with van der Waals surface area (Å²) in [5.41, 5.74) is 8.75. The lowest BCUT2D eigenvalue weighted by Gasteiger charge is -2.29. The van der Waals surface area contributed by atoms with Crippen molar-refractivity contribution in [3.63, 3.8) is 0 Å². The zero-order valence-electron chi connectivity index (χ0n) is 11.3. The minimum atomic E-state index is 0.351. The van der Waals surface area contributed by atoms with Crippen molar-refractivity contribution in [2.75, 3.05) is 18.0 Å². The van der Waals surface area contributed by atoms with E-state index in [0.29, 0.717) is 10.4 Å². The van der Waals surface area contributed by atoms with Crippen molar-refractivity contribution in [1.82, 2.24) is 0 Å². The molecule has 1 aromatic rings. The second-order valence-corrected chi connectivity index (χ2v) is 5.97. The lowest BCUT2D eigenvalue weighted by atomic mass is 10.0. The summed E-state index contributed by atoms with van der Waals surface area (Å²) in [6.07, 6.45) is 3.41. The number of aryl methyl sites for hydroxylation is 1. The fourth-order valence-electron chi connectivity index (χ4n) is 2.63. The van der Waals surface area contributed by atoms with Gasteiger partial charge in [0, 0.05) is 25.2 Å². The molecular formula is C15H22N2S. The second-order valence-electron chi connectivity index (χ2n) is 5.44. The molecule has 0 saturated heterocycles. The molecule has 2 rings (SSSR count). The van der Waals surface area contributed by atoms with Gasteiger partial charge < -0.3 is 10.6 Å². The fraction of sp³-hybridized carbons (Fsp3) is 0.533. The van der Waals surface area contributed by atoms with Gasteiger partial charge in [0.25, 0.3) is 0 Å². The maximum Gasteiger partial charge on any atom is 0.0733 e.